The minimum atomic E-state index is -0.182. The van der Waals surface area contributed by atoms with Crippen LogP contribution in [0.3, 0.4) is 0 Å². The number of nitrogens with zero attached hydrogens (tertiary/aromatic N) is 3. The maximum Gasteiger partial charge on any atom is 0.238 e. The van der Waals surface area contributed by atoms with Gasteiger partial charge in [-0.2, -0.15) is 0 Å². The fourth-order valence-corrected chi connectivity index (χ4v) is 4.33. The molecule has 0 radical (unpaired) electrons. The third-order valence-electron chi connectivity index (χ3n) is 6.18. The van der Waals surface area contributed by atoms with E-state index in [1.165, 1.54) is 0 Å². The molecule has 2 amide bonds. The summed E-state index contributed by atoms with van der Waals surface area (Å²) in [5.74, 6) is -0.364. The van der Waals surface area contributed by atoms with Crippen molar-refractivity contribution in [2.24, 2.45) is 0 Å². The smallest absolute Gasteiger partial charge is 0.238 e. The summed E-state index contributed by atoms with van der Waals surface area (Å²) in [5.41, 5.74) is 3.67. The van der Waals surface area contributed by atoms with Gasteiger partial charge in [0.25, 0.3) is 0 Å². The quantitative estimate of drug-likeness (QED) is 0.492. The van der Waals surface area contributed by atoms with Crippen molar-refractivity contribution < 1.29 is 19.1 Å². The first kappa shape index (κ1) is 25.7. The van der Waals surface area contributed by atoms with Crippen molar-refractivity contribution in [2.75, 3.05) is 92.7 Å². The summed E-state index contributed by atoms with van der Waals surface area (Å²) < 4.78 is 10.8. The van der Waals surface area contributed by atoms with Crippen molar-refractivity contribution >= 4 is 34.6 Å². The molecule has 9 nitrogen and oxygen atoms in total. The van der Waals surface area contributed by atoms with E-state index in [4.69, 9.17) is 9.47 Å². The molecular formula is C27H35N5O4. The highest BCUT2D eigenvalue weighted by Gasteiger charge is 2.16. The third-order valence-corrected chi connectivity index (χ3v) is 6.18. The highest BCUT2D eigenvalue weighted by Crippen LogP contribution is 2.20. The molecule has 0 bridgehead atoms. The number of hydrogen-bond donors (Lipinski definition) is 2. The highest BCUT2D eigenvalue weighted by molar-refractivity contribution is 5.95. The molecule has 0 saturated carbocycles. The predicted molar refractivity (Wildman–Crippen MR) is 143 cm³/mol. The molecule has 192 valence electrons. The summed E-state index contributed by atoms with van der Waals surface area (Å²) in [6.07, 6.45) is 1.69. The Morgan fingerprint density at radius 1 is 0.750 bits per heavy atom. The van der Waals surface area contributed by atoms with Crippen LogP contribution in [0.5, 0.6) is 0 Å². The minimum absolute atomic E-state index is 0.0840. The molecule has 2 fully saturated rings. The number of anilines is 4. The van der Waals surface area contributed by atoms with E-state index in [-0.39, 0.29) is 24.9 Å². The standard InChI is InChI=1S/C27H35N5O4/c1-2-11-30(20-26(33)28-22-3-7-24(8-4-22)31-12-16-35-17-13-31)21-27(34)29-23-5-9-25(10-6-23)32-14-18-36-19-15-32/h2-10H,1,11-21H2,(H,28,33)(H,29,34). The van der Waals surface area contributed by atoms with E-state index in [0.717, 1.165) is 75.4 Å². The SMILES string of the molecule is C=CCN(CC(=O)Nc1ccc(N2CCOCC2)cc1)CC(=O)Nc1ccc(N2CCOCC2)cc1. The van der Waals surface area contributed by atoms with Gasteiger partial charge in [0, 0.05) is 55.5 Å². The van der Waals surface area contributed by atoms with Gasteiger partial charge in [-0.05, 0) is 48.5 Å². The Balaban J connectivity index is 1.25. The first-order valence-corrected chi connectivity index (χ1v) is 12.4. The number of rotatable bonds is 10. The fourth-order valence-electron chi connectivity index (χ4n) is 4.33. The van der Waals surface area contributed by atoms with Crippen LogP contribution in [-0.4, -0.2) is 89.0 Å². The van der Waals surface area contributed by atoms with Gasteiger partial charge in [-0.25, -0.2) is 0 Å². The van der Waals surface area contributed by atoms with Crippen LogP contribution in [0.25, 0.3) is 0 Å². The number of carbonyl (C=O) groups excluding carboxylic acids is 2. The van der Waals surface area contributed by atoms with Gasteiger partial charge in [0.2, 0.25) is 11.8 Å². The normalized spacial score (nSPS) is 16.0. The molecule has 0 aromatic heterocycles. The van der Waals surface area contributed by atoms with Crippen LogP contribution in [0.15, 0.2) is 61.2 Å². The Bertz CT molecular complexity index is 922. The number of amides is 2. The lowest BCUT2D eigenvalue weighted by molar-refractivity contribution is -0.119. The Hall–Kier alpha value is -3.40. The summed E-state index contributed by atoms with van der Waals surface area (Å²) in [5, 5.41) is 5.84. The van der Waals surface area contributed by atoms with E-state index in [0.29, 0.717) is 6.54 Å². The molecule has 0 spiro atoms. The van der Waals surface area contributed by atoms with E-state index in [9.17, 15) is 9.59 Å². The van der Waals surface area contributed by atoms with Crippen molar-refractivity contribution in [1.29, 1.82) is 0 Å². The topological polar surface area (TPSA) is 86.4 Å². The lowest BCUT2D eigenvalue weighted by Gasteiger charge is -2.29. The molecular weight excluding hydrogens is 458 g/mol. The second-order valence-corrected chi connectivity index (χ2v) is 8.85. The Morgan fingerprint density at radius 2 is 1.14 bits per heavy atom. The number of morpholine rings is 2. The van der Waals surface area contributed by atoms with Gasteiger partial charge in [-0.3, -0.25) is 14.5 Å². The summed E-state index contributed by atoms with van der Waals surface area (Å²) >= 11 is 0. The molecule has 36 heavy (non-hydrogen) atoms. The van der Waals surface area contributed by atoms with Crippen molar-refractivity contribution in [3.05, 3.63) is 61.2 Å². The zero-order valence-electron chi connectivity index (χ0n) is 20.7. The first-order chi connectivity index (χ1) is 17.6. The maximum atomic E-state index is 12.7. The van der Waals surface area contributed by atoms with Gasteiger partial charge >= 0.3 is 0 Å². The molecule has 2 aliphatic rings. The van der Waals surface area contributed by atoms with Gasteiger partial charge in [0.05, 0.1) is 39.5 Å². The second-order valence-electron chi connectivity index (χ2n) is 8.85. The number of carbonyl (C=O) groups is 2. The Kier molecular flexibility index (Phi) is 9.32. The van der Waals surface area contributed by atoms with E-state index >= 15 is 0 Å². The van der Waals surface area contributed by atoms with E-state index in [1.807, 2.05) is 48.5 Å². The number of benzene rings is 2. The van der Waals surface area contributed by atoms with Crippen molar-refractivity contribution in [3.8, 4) is 0 Å². The van der Waals surface area contributed by atoms with Gasteiger partial charge < -0.3 is 29.9 Å². The minimum Gasteiger partial charge on any atom is -0.378 e. The molecule has 2 N–H and O–H groups in total. The van der Waals surface area contributed by atoms with Crippen LogP contribution in [0, 0.1) is 0 Å². The fraction of sp³-hybridized carbons (Fsp3) is 0.407. The van der Waals surface area contributed by atoms with Crippen LogP contribution >= 0.6 is 0 Å². The van der Waals surface area contributed by atoms with Crippen LogP contribution < -0.4 is 20.4 Å². The monoisotopic (exact) mass is 493 g/mol. The predicted octanol–water partition coefficient (Wildman–Crippen LogP) is 2.42. The van der Waals surface area contributed by atoms with Crippen LogP contribution in [-0.2, 0) is 19.1 Å². The Morgan fingerprint density at radius 3 is 1.50 bits per heavy atom. The number of hydrogen-bond acceptors (Lipinski definition) is 7. The average molecular weight is 494 g/mol. The molecule has 0 aliphatic carbocycles. The molecule has 2 saturated heterocycles. The average Bonchev–Trinajstić information content (AvgIpc) is 2.90. The molecule has 0 unspecified atom stereocenters. The third kappa shape index (κ3) is 7.55. The zero-order chi connectivity index (χ0) is 25.2. The van der Waals surface area contributed by atoms with E-state index in [2.05, 4.69) is 27.0 Å². The second kappa shape index (κ2) is 13.1. The number of nitrogens with one attached hydrogen (secondary N) is 2. The lowest BCUT2D eigenvalue weighted by atomic mass is 10.2. The van der Waals surface area contributed by atoms with Crippen molar-refractivity contribution in [1.82, 2.24) is 4.90 Å². The van der Waals surface area contributed by atoms with Gasteiger partial charge in [0.15, 0.2) is 0 Å². The summed E-state index contributed by atoms with van der Waals surface area (Å²) in [7, 11) is 0. The summed E-state index contributed by atoms with van der Waals surface area (Å²) in [4.78, 5) is 31.6. The largest absolute Gasteiger partial charge is 0.378 e. The summed E-state index contributed by atoms with van der Waals surface area (Å²) in [6, 6.07) is 15.6. The number of ether oxygens (including phenoxy) is 2. The zero-order valence-corrected chi connectivity index (χ0v) is 20.7. The Labute approximate surface area is 212 Å². The first-order valence-electron chi connectivity index (χ1n) is 12.4. The van der Waals surface area contributed by atoms with Crippen molar-refractivity contribution in [3.63, 3.8) is 0 Å². The van der Waals surface area contributed by atoms with E-state index in [1.54, 1.807) is 11.0 Å². The molecule has 2 aromatic rings. The van der Waals surface area contributed by atoms with Gasteiger partial charge in [0.1, 0.15) is 0 Å². The summed E-state index contributed by atoms with van der Waals surface area (Å²) in [6.45, 7) is 10.7. The van der Waals surface area contributed by atoms with Crippen LogP contribution in [0.4, 0.5) is 22.7 Å². The molecule has 4 rings (SSSR count). The highest BCUT2D eigenvalue weighted by atomic mass is 16.5. The molecule has 9 heteroatoms. The lowest BCUT2D eigenvalue weighted by Crippen LogP contribution is -2.39. The van der Waals surface area contributed by atoms with Gasteiger partial charge in [-0.1, -0.05) is 6.08 Å². The van der Waals surface area contributed by atoms with Gasteiger partial charge in [-0.15, -0.1) is 6.58 Å². The molecule has 2 heterocycles. The van der Waals surface area contributed by atoms with E-state index < -0.39 is 0 Å². The maximum absolute atomic E-state index is 12.7. The van der Waals surface area contributed by atoms with Crippen molar-refractivity contribution in [2.45, 2.75) is 0 Å². The molecule has 2 aliphatic heterocycles. The van der Waals surface area contributed by atoms with Crippen LogP contribution in [0.1, 0.15) is 0 Å². The van der Waals surface area contributed by atoms with Crippen LogP contribution in [0.2, 0.25) is 0 Å². The molecule has 2 aromatic carbocycles. The molecule has 0 atom stereocenters.